The molecule has 0 fully saturated rings. The van der Waals surface area contributed by atoms with Crippen LogP contribution in [0.4, 0.5) is 0 Å². The van der Waals surface area contributed by atoms with E-state index >= 15 is 0 Å². The molecule has 1 radical (unpaired) electrons. The van der Waals surface area contributed by atoms with Crippen LogP contribution in [0.1, 0.15) is 11.1 Å². The average Bonchev–Trinajstić information content (AvgIpc) is 2.17. The van der Waals surface area contributed by atoms with E-state index in [1.165, 1.54) is 0 Å². The Kier molecular flexibility index (Phi) is 2.02. The molecular weight excluding hydrogens is 166 g/mol. The minimum Gasteiger partial charge on any atom is -0.480 e. The fraction of sp³-hybridized carbons (Fsp3) is 0.300. The van der Waals surface area contributed by atoms with Crippen LogP contribution in [0.25, 0.3) is 0 Å². The van der Waals surface area contributed by atoms with Gasteiger partial charge in [0.05, 0.1) is 0 Å². The van der Waals surface area contributed by atoms with E-state index in [0.717, 1.165) is 11.1 Å². The molecule has 13 heavy (non-hydrogen) atoms. The monoisotopic (exact) mass is 176 g/mol. The number of hydrogen-bond donors (Lipinski definition) is 1. The third-order valence-corrected chi connectivity index (χ3v) is 2.30. The van der Waals surface area contributed by atoms with Crippen molar-refractivity contribution in [2.45, 2.75) is 19.0 Å². The molecule has 0 saturated carbocycles. The SMILES string of the molecule is O=C(O)C1Cc2ccccc2C[N]1. The molecule has 1 N–H and O–H groups in total. The molecule has 0 amide bonds. The van der Waals surface area contributed by atoms with Crippen LogP contribution < -0.4 is 5.32 Å². The molecule has 1 unspecified atom stereocenters. The third-order valence-electron chi connectivity index (χ3n) is 2.30. The molecule has 1 aromatic rings. The van der Waals surface area contributed by atoms with Gasteiger partial charge in [-0.05, 0) is 11.1 Å². The molecule has 0 aromatic heterocycles. The Bertz CT molecular complexity index is 335. The highest BCUT2D eigenvalue weighted by molar-refractivity contribution is 5.74. The second-order valence-electron chi connectivity index (χ2n) is 3.17. The maximum Gasteiger partial charge on any atom is 0.322 e. The maximum absolute atomic E-state index is 10.7. The summed E-state index contributed by atoms with van der Waals surface area (Å²) in [5, 5.41) is 12.8. The minimum atomic E-state index is -0.825. The lowest BCUT2D eigenvalue weighted by Gasteiger charge is -2.20. The van der Waals surface area contributed by atoms with Crippen LogP contribution in [0.5, 0.6) is 0 Å². The van der Waals surface area contributed by atoms with Crippen molar-refractivity contribution in [3.05, 3.63) is 35.4 Å². The molecule has 0 spiro atoms. The van der Waals surface area contributed by atoms with Crippen LogP contribution in [0.15, 0.2) is 24.3 Å². The third kappa shape index (κ3) is 1.55. The highest BCUT2D eigenvalue weighted by Crippen LogP contribution is 2.17. The van der Waals surface area contributed by atoms with Crippen LogP contribution in [0, 0.1) is 0 Å². The predicted molar refractivity (Wildman–Crippen MR) is 47.4 cm³/mol. The second-order valence-corrected chi connectivity index (χ2v) is 3.17. The lowest BCUT2D eigenvalue weighted by molar-refractivity contribution is -0.139. The van der Waals surface area contributed by atoms with Crippen molar-refractivity contribution in [3.63, 3.8) is 0 Å². The summed E-state index contributed by atoms with van der Waals surface area (Å²) in [6, 6.07) is 7.31. The van der Waals surface area contributed by atoms with Gasteiger partial charge in [-0.25, -0.2) is 5.32 Å². The number of benzene rings is 1. The van der Waals surface area contributed by atoms with Crippen LogP contribution >= 0.6 is 0 Å². The summed E-state index contributed by atoms with van der Waals surface area (Å²) in [6.45, 7) is 0.535. The van der Waals surface area contributed by atoms with Crippen LogP contribution in [-0.4, -0.2) is 17.1 Å². The molecule has 3 nitrogen and oxygen atoms in total. The van der Waals surface area contributed by atoms with Crippen LogP contribution in [0.3, 0.4) is 0 Å². The zero-order valence-electron chi connectivity index (χ0n) is 7.10. The highest BCUT2D eigenvalue weighted by Gasteiger charge is 2.23. The lowest BCUT2D eigenvalue weighted by atomic mass is 9.96. The molecule has 1 aliphatic heterocycles. The zero-order chi connectivity index (χ0) is 9.26. The number of carboxylic acid groups (broad SMARTS) is 1. The first-order valence-corrected chi connectivity index (χ1v) is 4.23. The molecule has 0 aliphatic carbocycles. The van der Waals surface area contributed by atoms with Crippen molar-refractivity contribution in [3.8, 4) is 0 Å². The van der Waals surface area contributed by atoms with Gasteiger partial charge in [-0.15, -0.1) is 0 Å². The summed E-state index contributed by atoms with van der Waals surface area (Å²) >= 11 is 0. The van der Waals surface area contributed by atoms with Gasteiger partial charge in [-0.1, -0.05) is 24.3 Å². The molecular formula is C10H10NO2. The quantitative estimate of drug-likeness (QED) is 0.688. The Balaban J connectivity index is 2.24. The fourth-order valence-electron chi connectivity index (χ4n) is 1.56. The average molecular weight is 176 g/mol. The molecule has 0 saturated heterocycles. The first-order valence-electron chi connectivity index (χ1n) is 4.23. The topological polar surface area (TPSA) is 51.4 Å². The maximum atomic E-state index is 10.7. The normalized spacial score (nSPS) is 20.8. The second kappa shape index (κ2) is 3.18. The zero-order valence-corrected chi connectivity index (χ0v) is 7.10. The first-order chi connectivity index (χ1) is 6.27. The summed E-state index contributed by atoms with van der Waals surface area (Å²) in [4.78, 5) is 10.7. The van der Waals surface area contributed by atoms with Crippen LogP contribution in [-0.2, 0) is 17.8 Å². The van der Waals surface area contributed by atoms with Gasteiger partial charge in [0.25, 0.3) is 0 Å². The summed E-state index contributed by atoms with van der Waals surface area (Å²) in [5.41, 5.74) is 2.27. The fourth-order valence-corrected chi connectivity index (χ4v) is 1.56. The Morgan fingerprint density at radius 3 is 2.77 bits per heavy atom. The van der Waals surface area contributed by atoms with Gasteiger partial charge < -0.3 is 5.11 Å². The minimum absolute atomic E-state index is 0.533. The number of aliphatic carboxylic acids is 1. The van der Waals surface area contributed by atoms with E-state index in [-0.39, 0.29) is 0 Å². The van der Waals surface area contributed by atoms with Gasteiger partial charge in [0.2, 0.25) is 0 Å². The van der Waals surface area contributed by atoms with Gasteiger partial charge in [0, 0.05) is 13.0 Å². The number of carbonyl (C=O) groups is 1. The Labute approximate surface area is 76.4 Å². The van der Waals surface area contributed by atoms with Crippen molar-refractivity contribution in [2.24, 2.45) is 0 Å². The van der Waals surface area contributed by atoms with E-state index in [2.05, 4.69) is 5.32 Å². The summed E-state index contributed by atoms with van der Waals surface area (Å²) in [6.07, 6.45) is 0.533. The molecule has 0 bridgehead atoms. The molecule has 1 heterocycles. The molecule has 2 rings (SSSR count). The summed E-state index contributed by atoms with van der Waals surface area (Å²) < 4.78 is 0. The molecule has 3 heteroatoms. The Hall–Kier alpha value is -1.35. The van der Waals surface area contributed by atoms with E-state index < -0.39 is 12.0 Å². The van der Waals surface area contributed by atoms with Crippen molar-refractivity contribution >= 4 is 5.97 Å². The standard InChI is InChI=1S/C10H10NO2/c12-10(13)9-5-7-3-1-2-4-8(7)6-11-9/h1-4,9H,5-6H2,(H,12,13). The van der Waals surface area contributed by atoms with E-state index in [1.807, 2.05) is 24.3 Å². The van der Waals surface area contributed by atoms with E-state index in [9.17, 15) is 4.79 Å². The molecule has 67 valence electrons. The smallest absolute Gasteiger partial charge is 0.322 e. The Morgan fingerprint density at radius 1 is 1.38 bits per heavy atom. The molecule has 1 atom stereocenters. The van der Waals surface area contributed by atoms with Crippen LogP contribution in [0.2, 0.25) is 0 Å². The van der Waals surface area contributed by atoms with Gasteiger partial charge in [-0.3, -0.25) is 4.79 Å². The Morgan fingerprint density at radius 2 is 2.08 bits per heavy atom. The lowest BCUT2D eigenvalue weighted by Crippen LogP contribution is -2.36. The van der Waals surface area contributed by atoms with E-state index in [1.54, 1.807) is 0 Å². The summed E-state index contributed by atoms with van der Waals surface area (Å²) in [7, 11) is 0. The number of nitrogens with zero attached hydrogens (tertiary/aromatic N) is 1. The highest BCUT2D eigenvalue weighted by atomic mass is 16.4. The van der Waals surface area contributed by atoms with Gasteiger partial charge in [0.1, 0.15) is 6.04 Å². The van der Waals surface area contributed by atoms with Gasteiger partial charge >= 0.3 is 5.97 Å². The van der Waals surface area contributed by atoms with Crippen molar-refractivity contribution in [1.29, 1.82) is 0 Å². The molecule has 1 aromatic carbocycles. The number of hydrogen-bond acceptors (Lipinski definition) is 1. The summed E-state index contributed by atoms with van der Waals surface area (Å²) in [5.74, 6) is -0.825. The van der Waals surface area contributed by atoms with Gasteiger partial charge in [-0.2, -0.15) is 0 Å². The van der Waals surface area contributed by atoms with Crippen molar-refractivity contribution in [1.82, 2.24) is 5.32 Å². The molecule has 1 aliphatic rings. The van der Waals surface area contributed by atoms with E-state index in [0.29, 0.717) is 13.0 Å². The van der Waals surface area contributed by atoms with Crippen molar-refractivity contribution in [2.75, 3.05) is 0 Å². The number of fused-ring (bicyclic) bond motifs is 1. The van der Waals surface area contributed by atoms with Gasteiger partial charge in [0.15, 0.2) is 0 Å². The largest absolute Gasteiger partial charge is 0.480 e. The van der Waals surface area contributed by atoms with Crippen molar-refractivity contribution < 1.29 is 9.90 Å². The predicted octanol–water partition coefficient (Wildman–Crippen LogP) is 0.800. The first kappa shape index (κ1) is 8.26. The number of rotatable bonds is 1. The van der Waals surface area contributed by atoms with E-state index in [4.69, 9.17) is 5.11 Å². The number of carboxylic acids is 1.